The van der Waals surface area contributed by atoms with Crippen molar-refractivity contribution < 1.29 is 31.4 Å². The van der Waals surface area contributed by atoms with Gasteiger partial charge in [-0.15, -0.1) is 0 Å². The standard InChI is InChI=1S/C26H40F3N7O4S/c1-25(2,37)18-35-16-20(13-31-35)23-22(26(27,28)29)14-30-24(33-23)32-21-6-10-36(11-7-21)41(38,39)12-4-8-34-9-5-19(15-34)17-40-3/h13-14,16,19,21,37H,4-12,15,17-18H2,1-3H3,(H,30,32,33)/t19-/m0/s1. The molecule has 0 unspecified atom stereocenters. The van der Waals surface area contributed by atoms with Crippen LogP contribution in [0.25, 0.3) is 11.3 Å². The molecular weight excluding hydrogens is 563 g/mol. The molecule has 11 nitrogen and oxygen atoms in total. The van der Waals surface area contributed by atoms with Crippen LogP contribution in [0.2, 0.25) is 0 Å². The summed E-state index contributed by atoms with van der Waals surface area (Å²) in [6.07, 6.45) is 1.34. The molecule has 2 fully saturated rings. The van der Waals surface area contributed by atoms with Crippen LogP contribution in [0.15, 0.2) is 18.6 Å². The largest absolute Gasteiger partial charge is 0.419 e. The van der Waals surface area contributed by atoms with Gasteiger partial charge in [-0.05, 0) is 58.5 Å². The number of nitrogens with zero attached hydrogens (tertiary/aromatic N) is 6. The number of methoxy groups -OCH3 is 1. The van der Waals surface area contributed by atoms with Crippen LogP contribution < -0.4 is 5.32 Å². The Balaban J connectivity index is 1.33. The Labute approximate surface area is 239 Å². The van der Waals surface area contributed by atoms with E-state index in [1.807, 2.05) is 0 Å². The zero-order chi connectivity index (χ0) is 29.8. The first-order valence-electron chi connectivity index (χ1n) is 13.9. The van der Waals surface area contributed by atoms with Crippen LogP contribution in [-0.2, 0) is 27.5 Å². The smallest absolute Gasteiger partial charge is 0.389 e. The number of piperidine rings is 1. The van der Waals surface area contributed by atoms with E-state index in [9.17, 15) is 26.7 Å². The third kappa shape index (κ3) is 8.83. The van der Waals surface area contributed by atoms with Crippen molar-refractivity contribution in [3.05, 3.63) is 24.2 Å². The van der Waals surface area contributed by atoms with E-state index in [0.717, 1.165) is 38.9 Å². The zero-order valence-corrected chi connectivity index (χ0v) is 24.6. The van der Waals surface area contributed by atoms with Gasteiger partial charge in [0.05, 0.1) is 36.4 Å². The van der Waals surface area contributed by atoms with Gasteiger partial charge in [0.2, 0.25) is 16.0 Å². The number of hydrogen-bond acceptors (Lipinski definition) is 9. The SMILES string of the molecule is COC[C@H]1CCN(CCCS(=O)(=O)N2CCC(Nc3ncc(C(F)(F)F)c(-c4cnn(CC(C)(C)O)c4)n3)CC2)C1. The molecule has 2 aliphatic rings. The van der Waals surface area contributed by atoms with Crippen molar-refractivity contribution >= 4 is 16.0 Å². The molecule has 0 aromatic carbocycles. The first kappa shape index (κ1) is 31.6. The lowest BCUT2D eigenvalue weighted by atomic mass is 10.1. The van der Waals surface area contributed by atoms with Crippen molar-refractivity contribution in [3.63, 3.8) is 0 Å². The first-order valence-corrected chi connectivity index (χ1v) is 15.5. The number of nitrogens with one attached hydrogen (secondary N) is 1. The Morgan fingerprint density at radius 3 is 2.54 bits per heavy atom. The molecule has 4 heterocycles. The fourth-order valence-corrected chi connectivity index (χ4v) is 6.92. The number of aliphatic hydroxyl groups is 1. The number of rotatable bonds is 12. The molecule has 2 aromatic rings. The molecule has 41 heavy (non-hydrogen) atoms. The summed E-state index contributed by atoms with van der Waals surface area (Å²) in [6, 6.07) is -0.189. The molecule has 2 saturated heterocycles. The first-order chi connectivity index (χ1) is 19.2. The van der Waals surface area contributed by atoms with Gasteiger partial charge in [-0.3, -0.25) is 4.68 Å². The van der Waals surface area contributed by atoms with Gasteiger partial charge < -0.3 is 20.1 Å². The number of hydrogen-bond donors (Lipinski definition) is 2. The molecule has 0 spiro atoms. The maximum absolute atomic E-state index is 13.7. The van der Waals surface area contributed by atoms with Crippen molar-refractivity contribution in [1.29, 1.82) is 0 Å². The Hall–Kier alpha value is -2.33. The van der Waals surface area contributed by atoms with E-state index >= 15 is 0 Å². The highest BCUT2D eigenvalue weighted by molar-refractivity contribution is 7.89. The highest BCUT2D eigenvalue weighted by atomic mass is 32.2. The van der Waals surface area contributed by atoms with Gasteiger partial charge in [0, 0.05) is 50.7 Å². The second-order valence-corrected chi connectivity index (χ2v) is 13.7. The number of ether oxygens (including phenoxy) is 1. The molecule has 0 saturated carbocycles. The summed E-state index contributed by atoms with van der Waals surface area (Å²) in [5.74, 6) is 0.620. The average molecular weight is 604 g/mol. The van der Waals surface area contributed by atoms with Crippen molar-refractivity contribution in [3.8, 4) is 11.3 Å². The second-order valence-electron chi connectivity index (χ2n) is 11.6. The van der Waals surface area contributed by atoms with Gasteiger partial charge in [0.25, 0.3) is 0 Å². The molecular formula is C26H40F3N7O4S. The predicted molar refractivity (Wildman–Crippen MR) is 148 cm³/mol. The second kappa shape index (κ2) is 12.9. The molecule has 2 aromatic heterocycles. The van der Waals surface area contributed by atoms with E-state index in [4.69, 9.17) is 4.74 Å². The molecule has 0 aliphatic carbocycles. The highest BCUT2D eigenvalue weighted by Crippen LogP contribution is 2.36. The number of likely N-dealkylation sites (tertiary alicyclic amines) is 1. The normalized spacial score (nSPS) is 20.1. The fourth-order valence-electron chi connectivity index (χ4n) is 5.40. The molecule has 0 amide bonds. The Morgan fingerprint density at radius 1 is 1.15 bits per heavy atom. The average Bonchev–Trinajstić information content (AvgIpc) is 3.52. The van der Waals surface area contributed by atoms with Gasteiger partial charge >= 0.3 is 6.18 Å². The third-order valence-corrected chi connectivity index (χ3v) is 9.34. The molecule has 15 heteroatoms. The van der Waals surface area contributed by atoms with Crippen molar-refractivity contribution in [2.45, 2.75) is 63.9 Å². The van der Waals surface area contributed by atoms with Crippen LogP contribution >= 0.6 is 0 Å². The molecule has 230 valence electrons. The summed E-state index contributed by atoms with van der Waals surface area (Å²) in [4.78, 5) is 10.4. The number of sulfonamides is 1. The Bertz CT molecular complexity index is 1260. The Morgan fingerprint density at radius 2 is 1.88 bits per heavy atom. The van der Waals surface area contributed by atoms with E-state index in [1.165, 1.54) is 21.4 Å². The molecule has 2 aliphatic heterocycles. The van der Waals surface area contributed by atoms with Crippen LogP contribution in [0.3, 0.4) is 0 Å². The minimum absolute atomic E-state index is 0.0296. The highest BCUT2D eigenvalue weighted by Gasteiger charge is 2.36. The van der Waals surface area contributed by atoms with Crippen LogP contribution in [0.5, 0.6) is 0 Å². The van der Waals surface area contributed by atoms with Crippen LogP contribution in [0.4, 0.5) is 19.1 Å². The summed E-state index contributed by atoms with van der Waals surface area (Å²) in [6.45, 7) is 7.24. The monoisotopic (exact) mass is 603 g/mol. The van der Waals surface area contributed by atoms with Gasteiger partial charge in [-0.25, -0.2) is 22.7 Å². The van der Waals surface area contributed by atoms with Gasteiger partial charge in [-0.2, -0.15) is 18.3 Å². The molecule has 4 rings (SSSR count). The lowest BCUT2D eigenvalue weighted by Gasteiger charge is -2.32. The minimum atomic E-state index is -4.67. The Kier molecular flexibility index (Phi) is 9.94. The molecule has 0 bridgehead atoms. The summed E-state index contributed by atoms with van der Waals surface area (Å²) >= 11 is 0. The van der Waals surface area contributed by atoms with Gasteiger partial charge in [0.1, 0.15) is 5.56 Å². The summed E-state index contributed by atoms with van der Waals surface area (Å²) in [5, 5.41) is 17.2. The van der Waals surface area contributed by atoms with Crippen molar-refractivity contribution in [2.24, 2.45) is 5.92 Å². The van der Waals surface area contributed by atoms with E-state index < -0.39 is 27.4 Å². The lowest BCUT2D eigenvalue weighted by Crippen LogP contribution is -2.43. The van der Waals surface area contributed by atoms with Crippen LogP contribution in [0, 0.1) is 5.92 Å². The van der Waals surface area contributed by atoms with Crippen molar-refractivity contribution in [2.75, 3.05) is 57.5 Å². The van der Waals surface area contributed by atoms with E-state index in [-0.39, 0.29) is 35.5 Å². The van der Waals surface area contributed by atoms with E-state index in [1.54, 1.807) is 21.0 Å². The summed E-state index contributed by atoms with van der Waals surface area (Å²) < 4.78 is 75.2. The maximum atomic E-state index is 13.7. The van der Waals surface area contributed by atoms with Crippen molar-refractivity contribution in [1.82, 2.24) is 29.0 Å². The topological polar surface area (TPSA) is 126 Å². The van der Waals surface area contributed by atoms with Crippen LogP contribution in [-0.4, -0.2) is 106 Å². The lowest BCUT2D eigenvalue weighted by molar-refractivity contribution is -0.137. The van der Waals surface area contributed by atoms with Crippen LogP contribution in [0.1, 0.15) is 45.1 Å². The third-order valence-electron chi connectivity index (χ3n) is 7.38. The number of aromatic nitrogens is 4. The fraction of sp³-hybridized carbons (Fsp3) is 0.731. The van der Waals surface area contributed by atoms with E-state index in [2.05, 4.69) is 25.3 Å². The zero-order valence-electron chi connectivity index (χ0n) is 23.8. The maximum Gasteiger partial charge on any atom is 0.419 e. The van der Waals surface area contributed by atoms with E-state index in [0.29, 0.717) is 38.3 Å². The number of halogens is 3. The molecule has 2 N–H and O–H groups in total. The predicted octanol–water partition coefficient (Wildman–Crippen LogP) is 2.69. The van der Waals surface area contributed by atoms with Gasteiger partial charge in [0.15, 0.2) is 0 Å². The molecule has 0 radical (unpaired) electrons. The minimum Gasteiger partial charge on any atom is -0.389 e. The number of anilines is 1. The van der Waals surface area contributed by atoms with Gasteiger partial charge in [-0.1, -0.05) is 0 Å². The summed E-state index contributed by atoms with van der Waals surface area (Å²) in [7, 11) is -1.71. The quantitative estimate of drug-likeness (QED) is 0.377. The molecule has 1 atom stereocenters. The number of alkyl halides is 3. The summed E-state index contributed by atoms with van der Waals surface area (Å²) in [5.41, 5.74) is -2.26.